The minimum absolute atomic E-state index is 0.459. The number of hydrogen-bond acceptors (Lipinski definition) is 4. The summed E-state index contributed by atoms with van der Waals surface area (Å²) in [6.45, 7) is 2.65. The number of pyridine rings is 1. The van der Waals surface area contributed by atoms with Crippen LogP contribution in [-0.4, -0.2) is 22.8 Å². The molecular weight excluding hydrogens is 350 g/mol. The molecule has 0 saturated carbocycles. The highest BCUT2D eigenvalue weighted by Gasteiger charge is 2.18. The number of nitrogens with one attached hydrogen (secondary N) is 2. The van der Waals surface area contributed by atoms with E-state index in [-0.39, 0.29) is 0 Å². The largest absolute Gasteiger partial charge is 0.383 e. The highest BCUT2D eigenvalue weighted by atomic mass is 79.9. The van der Waals surface area contributed by atoms with Crippen molar-refractivity contribution < 1.29 is 5.11 Å². The van der Waals surface area contributed by atoms with Crippen LogP contribution in [-0.2, 0) is 0 Å². The standard InChI is InChI=1S/C11H13Br2N3O/c1-2-15-11(13)8(6-14)9(17)7-4-3-5-16-10(7)12/h3-6,9,14-15,17H,2H2,1H3/b11-8+,14-6?. The zero-order chi connectivity index (χ0) is 12.8. The number of rotatable bonds is 5. The van der Waals surface area contributed by atoms with E-state index < -0.39 is 6.10 Å². The van der Waals surface area contributed by atoms with Crippen molar-refractivity contribution in [2.75, 3.05) is 6.54 Å². The molecule has 0 fully saturated rings. The fraction of sp³-hybridized carbons (Fsp3) is 0.273. The Morgan fingerprint density at radius 3 is 2.94 bits per heavy atom. The summed E-state index contributed by atoms with van der Waals surface area (Å²) in [6, 6.07) is 3.50. The van der Waals surface area contributed by atoms with Gasteiger partial charge in [-0.15, -0.1) is 0 Å². The molecule has 0 bridgehead atoms. The second-order valence-corrected chi connectivity index (χ2v) is 4.77. The SMILES string of the molecule is CCN/C(Br)=C(\C=N)C(O)c1cccnc1Br. The first kappa shape index (κ1) is 14.3. The molecule has 1 heterocycles. The lowest BCUT2D eigenvalue weighted by Gasteiger charge is -2.15. The molecule has 6 heteroatoms. The molecule has 1 aromatic heterocycles. The Labute approximate surface area is 117 Å². The molecule has 0 aromatic carbocycles. The summed E-state index contributed by atoms with van der Waals surface area (Å²) in [6.07, 6.45) is 1.86. The fourth-order valence-corrected chi connectivity index (χ4v) is 2.37. The quantitative estimate of drug-likeness (QED) is 0.428. The zero-order valence-corrected chi connectivity index (χ0v) is 12.4. The van der Waals surface area contributed by atoms with E-state index in [0.29, 0.717) is 26.9 Å². The Bertz CT molecular complexity index is 434. The molecule has 0 spiro atoms. The van der Waals surface area contributed by atoms with Crippen molar-refractivity contribution in [3.63, 3.8) is 0 Å². The predicted molar refractivity (Wildman–Crippen MR) is 75.3 cm³/mol. The summed E-state index contributed by atoms with van der Waals surface area (Å²) in [7, 11) is 0. The Morgan fingerprint density at radius 1 is 1.71 bits per heavy atom. The number of nitrogens with zero attached hydrogens (tertiary/aromatic N) is 1. The van der Waals surface area contributed by atoms with E-state index in [2.05, 4.69) is 42.2 Å². The fourth-order valence-electron chi connectivity index (χ4n) is 1.29. The monoisotopic (exact) mass is 361 g/mol. The average Bonchev–Trinajstić information content (AvgIpc) is 2.30. The van der Waals surface area contributed by atoms with Gasteiger partial charge in [0.25, 0.3) is 0 Å². The maximum absolute atomic E-state index is 10.2. The third-order valence-electron chi connectivity index (χ3n) is 2.12. The van der Waals surface area contributed by atoms with Gasteiger partial charge in [0.1, 0.15) is 10.7 Å². The Morgan fingerprint density at radius 2 is 2.41 bits per heavy atom. The molecule has 1 atom stereocenters. The Balaban J connectivity index is 3.10. The smallest absolute Gasteiger partial charge is 0.112 e. The van der Waals surface area contributed by atoms with Gasteiger partial charge < -0.3 is 15.8 Å². The van der Waals surface area contributed by atoms with Crippen LogP contribution >= 0.6 is 31.9 Å². The summed E-state index contributed by atoms with van der Waals surface area (Å²) >= 11 is 6.59. The van der Waals surface area contributed by atoms with Crippen molar-refractivity contribution in [2.24, 2.45) is 0 Å². The predicted octanol–water partition coefficient (Wildman–Crippen LogP) is 2.74. The topological polar surface area (TPSA) is 69.0 Å². The minimum Gasteiger partial charge on any atom is -0.383 e. The molecule has 0 saturated heterocycles. The molecule has 17 heavy (non-hydrogen) atoms. The van der Waals surface area contributed by atoms with Crippen molar-refractivity contribution in [3.05, 3.63) is 38.7 Å². The number of hydrogen-bond donors (Lipinski definition) is 3. The van der Waals surface area contributed by atoms with Crippen LogP contribution in [0.3, 0.4) is 0 Å². The van der Waals surface area contributed by atoms with Gasteiger partial charge in [-0.3, -0.25) is 0 Å². The maximum Gasteiger partial charge on any atom is 0.112 e. The van der Waals surface area contributed by atoms with Gasteiger partial charge >= 0.3 is 0 Å². The molecule has 0 aliphatic heterocycles. The van der Waals surface area contributed by atoms with E-state index >= 15 is 0 Å². The number of aliphatic hydroxyl groups excluding tert-OH is 1. The van der Waals surface area contributed by atoms with Gasteiger partial charge in [-0.25, -0.2) is 4.98 Å². The lowest BCUT2D eigenvalue weighted by atomic mass is 10.1. The van der Waals surface area contributed by atoms with Crippen LogP contribution in [0.2, 0.25) is 0 Å². The van der Waals surface area contributed by atoms with Crippen LogP contribution in [0.25, 0.3) is 0 Å². The van der Waals surface area contributed by atoms with Crippen LogP contribution in [0.1, 0.15) is 18.6 Å². The highest BCUT2D eigenvalue weighted by Crippen LogP contribution is 2.28. The summed E-state index contributed by atoms with van der Waals surface area (Å²) in [5.74, 6) is 0. The van der Waals surface area contributed by atoms with Gasteiger partial charge in [0.2, 0.25) is 0 Å². The minimum atomic E-state index is -0.899. The van der Waals surface area contributed by atoms with E-state index in [0.717, 1.165) is 6.21 Å². The second-order valence-electron chi connectivity index (χ2n) is 3.23. The van der Waals surface area contributed by atoms with Crippen molar-refractivity contribution >= 4 is 38.1 Å². The van der Waals surface area contributed by atoms with E-state index in [1.807, 2.05) is 6.92 Å². The lowest BCUT2D eigenvalue weighted by molar-refractivity contribution is 0.220. The van der Waals surface area contributed by atoms with Crippen molar-refractivity contribution in [3.8, 4) is 0 Å². The Kier molecular flexibility index (Phi) is 5.80. The molecule has 0 radical (unpaired) electrons. The van der Waals surface area contributed by atoms with Crippen LogP contribution in [0.4, 0.5) is 0 Å². The van der Waals surface area contributed by atoms with Crippen LogP contribution in [0.5, 0.6) is 0 Å². The third-order valence-corrected chi connectivity index (χ3v) is 3.52. The van der Waals surface area contributed by atoms with Crippen molar-refractivity contribution in [1.29, 1.82) is 5.41 Å². The third kappa shape index (κ3) is 3.62. The molecule has 1 rings (SSSR count). The van der Waals surface area contributed by atoms with E-state index in [1.54, 1.807) is 18.3 Å². The van der Waals surface area contributed by atoms with Gasteiger partial charge in [-0.05, 0) is 44.8 Å². The first-order valence-corrected chi connectivity index (χ1v) is 6.62. The molecule has 1 unspecified atom stereocenters. The molecule has 1 aromatic rings. The molecule has 3 N–H and O–H groups in total. The number of aliphatic hydroxyl groups is 1. The summed E-state index contributed by atoms with van der Waals surface area (Å²) in [5, 5.41) is 20.6. The normalized spacial score (nSPS) is 13.9. The number of halogens is 2. The van der Waals surface area contributed by atoms with Gasteiger partial charge in [0.15, 0.2) is 0 Å². The molecule has 4 nitrogen and oxygen atoms in total. The summed E-state index contributed by atoms with van der Waals surface area (Å²) in [4.78, 5) is 4.05. The summed E-state index contributed by atoms with van der Waals surface area (Å²) in [5.41, 5.74) is 1.08. The summed E-state index contributed by atoms with van der Waals surface area (Å²) < 4.78 is 1.18. The average molecular weight is 363 g/mol. The van der Waals surface area contributed by atoms with Crippen LogP contribution < -0.4 is 5.32 Å². The van der Waals surface area contributed by atoms with E-state index in [4.69, 9.17) is 5.41 Å². The molecular formula is C11H13Br2N3O. The molecule has 0 amide bonds. The van der Waals surface area contributed by atoms with Gasteiger partial charge in [0.05, 0.1) is 4.61 Å². The Hall–Kier alpha value is -0.720. The first-order valence-electron chi connectivity index (χ1n) is 5.04. The zero-order valence-electron chi connectivity index (χ0n) is 9.24. The van der Waals surface area contributed by atoms with Gasteiger partial charge in [0, 0.05) is 30.1 Å². The van der Waals surface area contributed by atoms with Crippen molar-refractivity contribution in [2.45, 2.75) is 13.0 Å². The molecule has 0 aliphatic rings. The second kappa shape index (κ2) is 6.88. The van der Waals surface area contributed by atoms with E-state index in [1.165, 1.54) is 0 Å². The van der Waals surface area contributed by atoms with Gasteiger partial charge in [-0.2, -0.15) is 0 Å². The molecule has 92 valence electrons. The van der Waals surface area contributed by atoms with Crippen LogP contribution in [0.15, 0.2) is 33.1 Å². The van der Waals surface area contributed by atoms with Crippen LogP contribution in [0, 0.1) is 5.41 Å². The van der Waals surface area contributed by atoms with Crippen molar-refractivity contribution in [1.82, 2.24) is 10.3 Å². The van der Waals surface area contributed by atoms with E-state index in [9.17, 15) is 5.11 Å². The molecule has 0 aliphatic carbocycles. The first-order chi connectivity index (χ1) is 8.11. The lowest BCUT2D eigenvalue weighted by Crippen LogP contribution is -2.14. The van der Waals surface area contributed by atoms with Gasteiger partial charge in [-0.1, -0.05) is 6.07 Å². The highest BCUT2D eigenvalue weighted by molar-refractivity contribution is 9.11. The maximum atomic E-state index is 10.2. The number of aromatic nitrogens is 1.